The summed E-state index contributed by atoms with van der Waals surface area (Å²) < 4.78 is 432. The molecule has 0 amide bonds. The van der Waals surface area contributed by atoms with Crippen LogP contribution >= 0.6 is 0 Å². The molecule has 3 aromatic rings. The van der Waals surface area contributed by atoms with Crippen LogP contribution in [0, 0.1) is 0 Å². The smallest absolute Gasteiger partial charge is 0.460 e. The van der Waals surface area contributed by atoms with Crippen LogP contribution in [0.5, 0.6) is 23.0 Å². The van der Waals surface area contributed by atoms with Crippen molar-refractivity contribution in [1.82, 2.24) is 0 Å². The minimum absolute atomic E-state index is 0.0378. The lowest BCUT2D eigenvalue weighted by Crippen LogP contribution is -2.72. The molecule has 38 heteroatoms. The summed E-state index contributed by atoms with van der Waals surface area (Å²) in [5, 5.41) is 0. The number of benzene rings is 3. The van der Waals surface area contributed by atoms with E-state index in [0.717, 1.165) is 38.5 Å². The largest absolute Gasteiger partial charge is 0.494 e. The molecule has 3 rings (SSSR count). The second kappa shape index (κ2) is 34.0. The van der Waals surface area contributed by atoms with Gasteiger partial charge in [-0.2, -0.15) is 132 Å². The zero-order valence-corrected chi connectivity index (χ0v) is 51.6. The average molecular weight is 1500 g/mol. The van der Waals surface area contributed by atoms with Crippen LogP contribution in [-0.4, -0.2) is 115 Å². The van der Waals surface area contributed by atoms with Crippen LogP contribution in [-0.2, 0) is 16.1 Å². The van der Waals surface area contributed by atoms with Crippen molar-refractivity contribution in [2.45, 2.75) is 238 Å². The van der Waals surface area contributed by atoms with Crippen molar-refractivity contribution in [3.63, 3.8) is 0 Å². The fourth-order valence-electron chi connectivity index (χ4n) is 8.99. The third-order valence-electron chi connectivity index (χ3n) is 15.1. The van der Waals surface area contributed by atoms with Gasteiger partial charge in [-0.3, -0.25) is 4.79 Å². The van der Waals surface area contributed by atoms with Gasteiger partial charge >= 0.3 is 101 Å². The van der Waals surface area contributed by atoms with E-state index in [1.54, 1.807) is 0 Å². The highest BCUT2D eigenvalue weighted by molar-refractivity contribution is 5.92. The molecule has 0 spiro atoms. The molecule has 99 heavy (non-hydrogen) atoms. The number of carbonyl (C=O) groups excluding carboxylic acids is 3. The molecule has 0 fully saturated rings. The average Bonchev–Trinajstić information content (AvgIpc) is 0.710. The summed E-state index contributed by atoms with van der Waals surface area (Å²) in [6.07, 6.45) is -16.4. The molecule has 0 aliphatic carbocycles. The normalized spacial score (nSPS) is 13.9. The Labute approximate surface area is 544 Å². The van der Waals surface area contributed by atoms with Crippen molar-refractivity contribution < 1.29 is 170 Å². The highest BCUT2D eigenvalue weighted by Gasteiger charge is 2.94. The predicted octanol–water partition coefficient (Wildman–Crippen LogP) is 22.3. The molecule has 0 N–H and O–H groups in total. The fourth-order valence-corrected chi connectivity index (χ4v) is 8.99. The first kappa shape index (κ1) is 86.8. The van der Waals surface area contributed by atoms with Gasteiger partial charge in [-0.25, -0.2) is 9.59 Å². The molecule has 566 valence electrons. The topological polar surface area (TPSA) is 97.4 Å². The summed E-state index contributed by atoms with van der Waals surface area (Å²) in [4.78, 5) is 39.3. The number of esters is 3. The number of hydrogen-bond donors (Lipinski definition) is 0. The summed E-state index contributed by atoms with van der Waals surface area (Å²) in [6.45, 7) is 1.48. The molecule has 0 bridgehead atoms. The van der Waals surface area contributed by atoms with Gasteiger partial charge in [0.25, 0.3) is 0 Å². The molecule has 0 aliphatic rings. The zero-order valence-electron chi connectivity index (χ0n) is 51.6. The third kappa shape index (κ3) is 20.2. The van der Waals surface area contributed by atoms with Gasteiger partial charge in [0.1, 0.15) is 29.6 Å². The maximum Gasteiger partial charge on any atom is 0.460 e. The van der Waals surface area contributed by atoms with E-state index in [4.69, 9.17) is 23.7 Å². The Bertz CT molecular complexity index is 3020. The van der Waals surface area contributed by atoms with Crippen molar-refractivity contribution in [2.75, 3.05) is 13.2 Å². The maximum absolute atomic E-state index is 14.2. The summed E-state index contributed by atoms with van der Waals surface area (Å²) in [6, 6.07) is 14.1. The minimum Gasteiger partial charge on any atom is -0.494 e. The minimum atomic E-state index is -8.35. The molecule has 0 heterocycles. The second-order valence-electron chi connectivity index (χ2n) is 22.7. The molecule has 0 saturated carbocycles. The molecule has 0 radical (unpaired) electrons. The quantitative estimate of drug-likeness (QED) is 0.0239. The van der Waals surface area contributed by atoms with E-state index < -0.39 is 146 Å². The van der Waals surface area contributed by atoms with Crippen LogP contribution in [0.25, 0.3) is 0 Å². The zero-order chi connectivity index (χ0) is 75.8. The highest BCUT2D eigenvalue weighted by atomic mass is 19.4. The Balaban J connectivity index is 1.53. The number of carbonyl (C=O) groups is 3. The highest BCUT2D eigenvalue weighted by Crippen LogP contribution is 2.65. The SMILES string of the molecule is CCCCCCCCCC(=O)OCc1cc(OC(=O)c2ccc(OCCCCCCCCC(F)(F)C(F)(F)C(F)(F)C(F)(F)C(F)(F)C(F)(F)C(F)(F)F)cc2)ccc1OC(=O)c1ccc(OCCCCCCCCC(F)(F)C(F)(F)C(F)(F)C(F)(F)C(F)(F)C(F)(F)C(F)(F)F)cc1. The maximum atomic E-state index is 14.2. The van der Waals surface area contributed by atoms with Gasteiger partial charge in [0.2, 0.25) is 0 Å². The molecule has 3 aromatic carbocycles. The van der Waals surface area contributed by atoms with Crippen LogP contribution < -0.4 is 18.9 Å². The van der Waals surface area contributed by atoms with Crippen LogP contribution in [0.15, 0.2) is 66.7 Å². The molecule has 0 aliphatic heterocycles. The fraction of sp³-hybridized carbons (Fsp3) is 0.656. The van der Waals surface area contributed by atoms with E-state index in [0.29, 0.717) is 6.42 Å². The van der Waals surface area contributed by atoms with Crippen LogP contribution in [0.3, 0.4) is 0 Å². The van der Waals surface area contributed by atoms with Crippen LogP contribution in [0.4, 0.5) is 132 Å². The van der Waals surface area contributed by atoms with Crippen molar-refractivity contribution in [3.05, 3.63) is 83.4 Å². The van der Waals surface area contributed by atoms with E-state index >= 15 is 0 Å². The van der Waals surface area contributed by atoms with Crippen molar-refractivity contribution in [2.24, 2.45) is 0 Å². The molecule has 0 saturated heterocycles. The van der Waals surface area contributed by atoms with Gasteiger partial charge < -0.3 is 23.7 Å². The van der Waals surface area contributed by atoms with Crippen molar-refractivity contribution in [1.29, 1.82) is 0 Å². The molecular formula is C61H64F30O8. The number of alkyl halides is 30. The molecule has 0 unspecified atom stereocenters. The van der Waals surface area contributed by atoms with E-state index in [1.807, 2.05) is 0 Å². The first-order chi connectivity index (χ1) is 45.2. The Kier molecular flexibility index (Phi) is 29.8. The third-order valence-corrected chi connectivity index (χ3v) is 15.1. The van der Waals surface area contributed by atoms with Gasteiger partial charge in [0.15, 0.2) is 0 Å². The van der Waals surface area contributed by atoms with Crippen LogP contribution in [0.1, 0.15) is 174 Å². The number of halogens is 30. The van der Waals surface area contributed by atoms with Crippen LogP contribution in [0.2, 0.25) is 0 Å². The number of unbranched alkanes of at least 4 members (excludes halogenated alkanes) is 16. The Morgan fingerprint density at radius 2 is 0.626 bits per heavy atom. The van der Waals surface area contributed by atoms with E-state index in [9.17, 15) is 146 Å². The second-order valence-corrected chi connectivity index (χ2v) is 22.7. The lowest BCUT2D eigenvalue weighted by molar-refractivity contribution is -0.452. The Morgan fingerprint density at radius 3 is 0.990 bits per heavy atom. The van der Waals surface area contributed by atoms with E-state index in [1.165, 1.54) is 66.7 Å². The lowest BCUT2D eigenvalue weighted by Gasteiger charge is -2.41. The molecule has 0 atom stereocenters. The summed E-state index contributed by atoms with van der Waals surface area (Å²) in [5.41, 5.74) is -0.0609. The van der Waals surface area contributed by atoms with E-state index in [2.05, 4.69) is 6.92 Å². The standard InChI is InChI=1S/C61H64F30O8/c1-2-3-4-5-6-11-16-21-45(92)97-37-40-36-43(98-46(93)38-22-26-41(27-23-38)95-34-19-14-9-7-12-17-32-48(62,63)50(66,67)52(70,71)54(74,75)56(78,79)58(82,83)60(86,87)88)30-31-44(40)99-47(94)39-24-28-42(29-25-39)96-35-20-15-10-8-13-18-33-49(64,65)51(68,69)53(72,73)55(76,77)57(80,81)59(84,85)61(89,90)91/h22-31,36H,2-21,32-35,37H2,1H3. The van der Waals surface area contributed by atoms with Gasteiger partial charge in [-0.05, 0) is 98.8 Å². The molecular weight excluding hydrogens is 1430 g/mol. The van der Waals surface area contributed by atoms with Gasteiger partial charge in [-0.15, -0.1) is 0 Å². The molecule has 8 nitrogen and oxygen atoms in total. The number of rotatable bonds is 44. The first-order valence-electron chi connectivity index (χ1n) is 30.1. The van der Waals surface area contributed by atoms with Crippen molar-refractivity contribution >= 4 is 17.9 Å². The van der Waals surface area contributed by atoms with Gasteiger partial charge in [0, 0.05) is 24.8 Å². The summed E-state index contributed by atoms with van der Waals surface area (Å²) >= 11 is 0. The van der Waals surface area contributed by atoms with Gasteiger partial charge in [0.05, 0.1) is 24.3 Å². The van der Waals surface area contributed by atoms with Gasteiger partial charge in [-0.1, -0.05) is 96.8 Å². The van der Waals surface area contributed by atoms with Crippen molar-refractivity contribution in [3.8, 4) is 23.0 Å². The number of ether oxygens (including phenoxy) is 5. The number of hydrogen-bond acceptors (Lipinski definition) is 8. The molecule has 0 aromatic heterocycles. The Hall–Kier alpha value is -6.43. The Morgan fingerprint density at radius 1 is 0.323 bits per heavy atom. The predicted molar refractivity (Wildman–Crippen MR) is 289 cm³/mol. The summed E-state index contributed by atoms with van der Waals surface area (Å²) in [7, 11) is 0. The lowest BCUT2D eigenvalue weighted by atomic mass is 9.89. The van der Waals surface area contributed by atoms with E-state index in [-0.39, 0.29) is 111 Å². The summed E-state index contributed by atoms with van der Waals surface area (Å²) in [5.74, 6) is -95.9. The monoisotopic (exact) mass is 1490 g/mol. The first-order valence-corrected chi connectivity index (χ1v) is 30.1.